The van der Waals surface area contributed by atoms with E-state index < -0.39 is 0 Å². The highest BCUT2D eigenvalue weighted by atomic mass is 79.9. The summed E-state index contributed by atoms with van der Waals surface area (Å²) in [5.74, 6) is 0. The van der Waals surface area contributed by atoms with Crippen molar-refractivity contribution in [2.75, 3.05) is 0 Å². The van der Waals surface area contributed by atoms with Gasteiger partial charge in [-0.05, 0) is 41.3 Å². The molecule has 0 radical (unpaired) electrons. The molecule has 18 heavy (non-hydrogen) atoms. The van der Waals surface area contributed by atoms with Gasteiger partial charge in [-0.15, -0.1) is 0 Å². The number of hydrogen-bond donors (Lipinski definition) is 1. The third-order valence-corrected chi connectivity index (χ3v) is 4.20. The number of aryl methyl sites for hydroxylation is 1. The summed E-state index contributed by atoms with van der Waals surface area (Å²) in [5, 5.41) is 0. The molecule has 3 nitrogen and oxygen atoms in total. The zero-order valence-electron chi connectivity index (χ0n) is 10.4. The summed E-state index contributed by atoms with van der Waals surface area (Å²) in [6.07, 6.45) is 2.04. The lowest BCUT2D eigenvalue weighted by Gasteiger charge is -2.22. The molecule has 0 aliphatic carbocycles. The Hall–Kier alpha value is -1.13. The van der Waals surface area contributed by atoms with Crippen LogP contribution >= 0.6 is 15.9 Å². The topological polar surface area (TPSA) is 43.8 Å². The van der Waals surface area contributed by atoms with E-state index in [1.165, 1.54) is 16.8 Å². The largest absolute Gasteiger partial charge is 0.326 e. The molecule has 0 fully saturated rings. The highest BCUT2D eigenvalue weighted by molar-refractivity contribution is 9.10. The summed E-state index contributed by atoms with van der Waals surface area (Å²) in [7, 11) is 0. The molecule has 2 heterocycles. The molecule has 0 saturated heterocycles. The van der Waals surface area contributed by atoms with Crippen molar-refractivity contribution in [3.63, 3.8) is 0 Å². The summed E-state index contributed by atoms with van der Waals surface area (Å²) in [6, 6.07) is 8.64. The molecule has 4 heteroatoms. The van der Waals surface area contributed by atoms with Gasteiger partial charge in [0, 0.05) is 23.8 Å². The van der Waals surface area contributed by atoms with Gasteiger partial charge in [0.05, 0.1) is 5.69 Å². The van der Waals surface area contributed by atoms with Crippen molar-refractivity contribution in [1.29, 1.82) is 0 Å². The molecular weight excluding hydrogens is 290 g/mol. The second-order valence-electron chi connectivity index (χ2n) is 4.90. The summed E-state index contributed by atoms with van der Waals surface area (Å²) in [4.78, 5) is 4.68. The number of benzene rings is 1. The fraction of sp³-hybridized carbons (Fsp3) is 0.357. The predicted octanol–water partition coefficient (Wildman–Crippen LogP) is 2.89. The van der Waals surface area contributed by atoms with Crippen LogP contribution in [0.25, 0.3) is 11.3 Å². The van der Waals surface area contributed by atoms with Crippen LogP contribution in [-0.2, 0) is 13.0 Å². The van der Waals surface area contributed by atoms with Crippen molar-refractivity contribution in [3.05, 3.63) is 40.3 Å². The Kier molecular flexibility index (Phi) is 2.99. The van der Waals surface area contributed by atoms with E-state index in [9.17, 15) is 0 Å². The molecule has 0 bridgehead atoms. The van der Waals surface area contributed by atoms with E-state index in [0.717, 1.165) is 29.8 Å². The monoisotopic (exact) mass is 305 g/mol. The lowest BCUT2D eigenvalue weighted by Crippen LogP contribution is -2.31. The quantitative estimate of drug-likeness (QED) is 0.880. The van der Waals surface area contributed by atoms with Crippen LogP contribution in [0, 0.1) is 6.92 Å². The molecule has 0 saturated carbocycles. The zero-order valence-corrected chi connectivity index (χ0v) is 11.9. The van der Waals surface area contributed by atoms with Crippen molar-refractivity contribution >= 4 is 15.9 Å². The van der Waals surface area contributed by atoms with Crippen LogP contribution in [0.1, 0.15) is 17.7 Å². The average Bonchev–Trinajstić information content (AvgIpc) is 2.67. The highest BCUT2D eigenvalue weighted by Gasteiger charge is 2.23. The van der Waals surface area contributed by atoms with Crippen LogP contribution < -0.4 is 5.73 Å². The van der Waals surface area contributed by atoms with Gasteiger partial charge in [0.1, 0.15) is 0 Å². The average molecular weight is 306 g/mol. The normalized spacial score (nSPS) is 18.7. The van der Waals surface area contributed by atoms with E-state index in [1.807, 2.05) is 0 Å². The van der Waals surface area contributed by atoms with Gasteiger partial charge < -0.3 is 10.3 Å². The van der Waals surface area contributed by atoms with Crippen LogP contribution in [0.3, 0.4) is 0 Å². The second-order valence-corrected chi connectivity index (χ2v) is 5.61. The number of nitrogens with zero attached hydrogens (tertiary/aromatic N) is 2. The molecule has 1 aromatic heterocycles. The Bertz CT molecular complexity index is 589. The Morgan fingerprint density at radius 2 is 2.17 bits per heavy atom. The van der Waals surface area contributed by atoms with Crippen molar-refractivity contribution in [2.24, 2.45) is 5.73 Å². The number of aromatic nitrogens is 2. The maximum atomic E-state index is 6.03. The van der Waals surface area contributed by atoms with Gasteiger partial charge in [-0.2, -0.15) is 0 Å². The number of hydrogen-bond acceptors (Lipinski definition) is 2. The lowest BCUT2D eigenvalue weighted by atomic mass is 9.99. The van der Waals surface area contributed by atoms with Crippen LogP contribution in [0.4, 0.5) is 0 Å². The number of fused-ring (bicyclic) bond motifs is 1. The first-order valence-corrected chi connectivity index (χ1v) is 7.02. The number of rotatable bonds is 1. The first kappa shape index (κ1) is 11.9. The molecule has 0 spiro atoms. The minimum Gasteiger partial charge on any atom is -0.326 e. The van der Waals surface area contributed by atoms with Gasteiger partial charge in [-0.25, -0.2) is 4.98 Å². The summed E-state index contributed by atoms with van der Waals surface area (Å²) in [5.41, 5.74) is 10.9. The molecule has 1 aliphatic heterocycles. The van der Waals surface area contributed by atoms with Crippen molar-refractivity contribution in [3.8, 4) is 11.3 Å². The van der Waals surface area contributed by atoms with Gasteiger partial charge in [-0.1, -0.05) is 24.3 Å². The van der Waals surface area contributed by atoms with Gasteiger partial charge in [0.2, 0.25) is 0 Å². The molecule has 2 N–H and O–H groups in total. The third-order valence-electron chi connectivity index (χ3n) is 3.60. The molecule has 94 valence electrons. The SMILES string of the molecule is Cc1ccccc1-c1nc(Br)n2c1CCC(N)C2. The second kappa shape index (κ2) is 4.52. The summed E-state index contributed by atoms with van der Waals surface area (Å²) in [6.45, 7) is 2.98. The van der Waals surface area contributed by atoms with E-state index in [4.69, 9.17) is 5.73 Å². The van der Waals surface area contributed by atoms with Crippen molar-refractivity contribution < 1.29 is 0 Å². The Balaban J connectivity index is 2.15. The van der Waals surface area contributed by atoms with Crippen LogP contribution in [0.5, 0.6) is 0 Å². The van der Waals surface area contributed by atoms with Crippen LogP contribution in [-0.4, -0.2) is 15.6 Å². The first-order chi connectivity index (χ1) is 8.66. The molecule has 1 aliphatic rings. The summed E-state index contributed by atoms with van der Waals surface area (Å²) < 4.78 is 3.10. The Morgan fingerprint density at radius 1 is 1.39 bits per heavy atom. The zero-order chi connectivity index (χ0) is 12.7. The summed E-state index contributed by atoms with van der Waals surface area (Å²) >= 11 is 3.55. The van der Waals surface area contributed by atoms with E-state index in [1.54, 1.807) is 0 Å². The molecule has 1 aromatic carbocycles. The molecule has 1 atom stereocenters. The fourth-order valence-corrected chi connectivity index (χ4v) is 3.13. The molecule has 2 aromatic rings. The number of nitrogens with two attached hydrogens (primary N) is 1. The van der Waals surface area contributed by atoms with Crippen LogP contribution in [0.2, 0.25) is 0 Å². The minimum atomic E-state index is 0.243. The maximum absolute atomic E-state index is 6.03. The first-order valence-electron chi connectivity index (χ1n) is 6.23. The third kappa shape index (κ3) is 1.89. The van der Waals surface area contributed by atoms with E-state index in [2.05, 4.69) is 56.7 Å². The number of imidazole rings is 1. The highest BCUT2D eigenvalue weighted by Crippen LogP contribution is 2.32. The lowest BCUT2D eigenvalue weighted by molar-refractivity contribution is 0.455. The van der Waals surface area contributed by atoms with Gasteiger partial charge in [0.25, 0.3) is 0 Å². The molecular formula is C14H16BrN3. The number of halogens is 1. The van der Waals surface area contributed by atoms with Gasteiger partial charge in [-0.3, -0.25) is 0 Å². The molecule has 0 amide bonds. The van der Waals surface area contributed by atoms with Crippen molar-refractivity contribution in [2.45, 2.75) is 32.4 Å². The smallest absolute Gasteiger partial charge is 0.177 e. The molecule has 1 unspecified atom stereocenters. The van der Waals surface area contributed by atoms with Gasteiger partial charge in [0.15, 0.2) is 4.73 Å². The van der Waals surface area contributed by atoms with E-state index in [-0.39, 0.29) is 6.04 Å². The van der Waals surface area contributed by atoms with Gasteiger partial charge >= 0.3 is 0 Å². The van der Waals surface area contributed by atoms with E-state index >= 15 is 0 Å². The van der Waals surface area contributed by atoms with E-state index in [0.29, 0.717) is 0 Å². The molecule has 3 rings (SSSR count). The van der Waals surface area contributed by atoms with Crippen molar-refractivity contribution in [1.82, 2.24) is 9.55 Å². The Morgan fingerprint density at radius 3 is 2.94 bits per heavy atom. The fourth-order valence-electron chi connectivity index (χ4n) is 2.60. The maximum Gasteiger partial charge on any atom is 0.177 e. The van der Waals surface area contributed by atoms with Crippen LogP contribution in [0.15, 0.2) is 29.0 Å². The predicted molar refractivity (Wildman–Crippen MR) is 76.4 cm³/mol. The Labute approximate surface area is 115 Å². The standard InChI is InChI=1S/C14H16BrN3/c1-9-4-2-3-5-11(9)13-12-7-6-10(16)8-18(12)14(15)17-13/h2-5,10H,6-8,16H2,1H3. The minimum absolute atomic E-state index is 0.243.